The number of carbonyl (C=O) groups is 1. The van der Waals surface area contributed by atoms with Gasteiger partial charge in [0.15, 0.2) is 0 Å². The van der Waals surface area contributed by atoms with Crippen LogP contribution in [0.2, 0.25) is 0 Å². The van der Waals surface area contributed by atoms with Crippen LogP contribution in [0.4, 0.5) is 5.69 Å². The molecule has 0 amide bonds. The van der Waals surface area contributed by atoms with Crippen molar-refractivity contribution in [3.05, 3.63) is 28.2 Å². The van der Waals surface area contributed by atoms with Crippen LogP contribution in [0.25, 0.3) is 0 Å². The van der Waals surface area contributed by atoms with Crippen LogP contribution in [0.3, 0.4) is 0 Å². The minimum absolute atomic E-state index is 0.234. The van der Waals surface area contributed by atoms with Gasteiger partial charge in [0, 0.05) is 23.4 Å². The number of hydrogen-bond donors (Lipinski definition) is 2. The molecule has 3 nitrogen and oxygen atoms in total. The summed E-state index contributed by atoms with van der Waals surface area (Å²) >= 11 is 3.48. The van der Waals surface area contributed by atoms with Crippen LogP contribution in [0, 0.1) is 0 Å². The number of benzene rings is 1. The van der Waals surface area contributed by atoms with Crippen LogP contribution in [0.5, 0.6) is 0 Å². The van der Waals surface area contributed by atoms with Crippen LogP contribution < -0.4 is 5.32 Å². The SMILES string of the molecule is O=C(O)CCC1CNc2c(Br)cccc21. The highest BCUT2D eigenvalue weighted by Crippen LogP contribution is 2.38. The van der Waals surface area contributed by atoms with Gasteiger partial charge in [-0.2, -0.15) is 0 Å². The fourth-order valence-corrected chi connectivity index (χ4v) is 2.48. The summed E-state index contributed by atoms with van der Waals surface area (Å²) in [5.41, 5.74) is 2.35. The Morgan fingerprint density at radius 1 is 1.60 bits per heavy atom. The molecule has 0 saturated carbocycles. The molecule has 4 heteroatoms. The standard InChI is InChI=1S/C11H12BrNO2/c12-9-3-1-2-8-7(4-5-10(14)15)6-13-11(8)9/h1-3,7,13H,4-6H2,(H,14,15). The third-order valence-corrected chi connectivity index (χ3v) is 3.38. The van der Waals surface area contributed by atoms with Crippen molar-refractivity contribution in [1.29, 1.82) is 0 Å². The van der Waals surface area contributed by atoms with E-state index < -0.39 is 5.97 Å². The summed E-state index contributed by atoms with van der Waals surface area (Å²) in [6.07, 6.45) is 0.935. The molecule has 1 atom stereocenters. The lowest BCUT2D eigenvalue weighted by atomic mass is 9.96. The number of nitrogens with one attached hydrogen (secondary N) is 1. The van der Waals surface area contributed by atoms with Crippen molar-refractivity contribution in [3.63, 3.8) is 0 Å². The fraction of sp³-hybridized carbons (Fsp3) is 0.364. The zero-order valence-corrected chi connectivity index (χ0v) is 9.75. The van der Waals surface area contributed by atoms with E-state index in [-0.39, 0.29) is 6.42 Å². The maximum absolute atomic E-state index is 10.5. The summed E-state index contributed by atoms with van der Waals surface area (Å²) in [6, 6.07) is 6.04. The lowest BCUT2D eigenvalue weighted by molar-refractivity contribution is -0.137. The van der Waals surface area contributed by atoms with Gasteiger partial charge in [-0.1, -0.05) is 12.1 Å². The number of para-hydroxylation sites is 1. The zero-order chi connectivity index (χ0) is 10.8. The summed E-state index contributed by atoms with van der Waals surface area (Å²) in [5.74, 6) is -0.396. The van der Waals surface area contributed by atoms with Gasteiger partial charge in [-0.15, -0.1) is 0 Å². The number of rotatable bonds is 3. The van der Waals surface area contributed by atoms with Crippen molar-refractivity contribution in [2.24, 2.45) is 0 Å². The van der Waals surface area contributed by atoms with Crippen molar-refractivity contribution in [2.45, 2.75) is 18.8 Å². The maximum atomic E-state index is 10.5. The molecule has 1 aromatic carbocycles. The molecule has 0 radical (unpaired) electrons. The predicted molar refractivity (Wildman–Crippen MR) is 62.2 cm³/mol. The van der Waals surface area contributed by atoms with E-state index in [1.54, 1.807) is 0 Å². The normalized spacial score (nSPS) is 18.3. The number of aliphatic carboxylic acids is 1. The summed E-state index contributed by atoms with van der Waals surface area (Å²) in [5, 5.41) is 11.9. The Morgan fingerprint density at radius 3 is 3.13 bits per heavy atom. The molecule has 1 aliphatic heterocycles. The van der Waals surface area contributed by atoms with E-state index in [1.165, 1.54) is 5.56 Å². The summed E-state index contributed by atoms with van der Waals surface area (Å²) in [7, 11) is 0. The molecule has 1 aliphatic rings. The van der Waals surface area contributed by atoms with Crippen molar-refractivity contribution in [1.82, 2.24) is 0 Å². The Bertz CT molecular complexity index is 392. The van der Waals surface area contributed by atoms with Crippen LogP contribution >= 0.6 is 15.9 Å². The largest absolute Gasteiger partial charge is 0.481 e. The molecule has 1 heterocycles. The average Bonchev–Trinajstić information content (AvgIpc) is 2.59. The first-order valence-electron chi connectivity index (χ1n) is 4.92. The van der Waals surface area contributed by atoms with E-state index in [4.69, 9.17) is 5.11 Å². The predicted octanol–water partition coefficient (Wildman–Crippen LogP) is 2.82. The van der Waals surface area contributed by atoms with Gasteiger partial charge in [-0.05, 0) is 34.0 Å². The van der Waals surface area contributed by atoms with Gasteiger partial charge in [0.05, 0.1) is 5.69 Å². The quantitative estimate of drug-likeness (QED) is 0.887. The van der Waals surface area contributed by atoms with E-state index in [1.807, 2.05) is 12.1 Å². The van der Waals surface area contributed by atoms with E-state index in [2.05, 4.69) is 27.3 Å². The van der Waals surface area contributed by atoms with Crippen LogP contribution in [0.15, 0.2) is 22.7 Å². The summed E-state index contributed by atoms with van der Waals surface area (Å²) in [6.45, 7) is 0.839. The highest BCUT2D eigenvalue weighted by Gasteiger charge is 2.23. The highest BCUT2D eigenvalue weighted by atomic mass is 79.9. The number of halogens is 1. The minimum atomic E-state index is -0.724. The summed E-state index contributed by atoms with van der Waals surface area (Å²) in [4.78, 5) is 10.5. The van der Waals surface area contributed by atoms with E-state index in [0.29, 0.717) is 12.3 Å². The molecule has 0 spiro atoms. The molecule has 1 aromatic rings. The number of carboxylic acid groups (broad SMARTS) is 1. The van der Waals surface area contributed by atoms with Crippen molar-refractivity contribution < 1.29 is 9.90 Å². The van der Waals surface area contributed by atoms with Gasteiger partial charge in [-0.3, -0.25) is 4.79 Å². The second-order valence-electron chi connectivity index (χ2n) is 3.71. The Morgan fingerprint density at radius 2 is 2.40 bits per heavy atom. The zero-order valence-electron chi connectivity index (χ0n) is 8.16. The van der Waals surface area contributed by atoms with Gasteiger partial charge < -0.3 is 10.4 Å². The van der Waals surface area contributed by atoms with Crippen molar-refractivity contribution in [3.8, 4) is 0 Å². The Kier molecular flexibility index (Phi) is 2.95. The molecule has 1 unspecified atom stereocenters. The Balaban J connectivity index is 2.14. The number of anilines is 1. The second-order valence-corrected chi connectivity index (χ2v) is 4.57. The number of carboxylic acids is 1. The smallest absolute Gasteiger partial charge is 0.303 e. The molecule has 0 bridgehead atoms. The lowest BCUT2D eigenvalue weighted by Crippen LogP contribution is -2.05. The Hall–Kier alpha value is -1.03. The van der Waals surface area contributed by atoms with Crippen molar-refractivity contribution in [2.75, 3.05) is 11.9 Å². The number of fused-ring (bicyclic) bond motifs is 1. The third kappa shape index (κ3) is 2.15. The lowest BCUT2D eigenvalue weighted by Gasteiger charge is -2.07. The van der Waals surface area contributed by atoms with E-state index in [0.717, 1.165) is 16.7 Å². The van der Waals surface area contributed by atoms with Crippen LogP contribution in [-0.4, -0.2) is 17.6 Å². The van der Waals surface area contributed by atoms with Crippen molar-refractivity contribution >= 4 is 27.6 Å². The van der Waals surface area contributed by atoms with Gasteiger partial charge in [0.25, 0.3) is 0 Å². The van der Waals surface area contributed by atoms with E-state index in [9.17, 15) is 4.79 Å². The molecule has 2 N–H and O–H groups in total. The fourth-order valence-electron chi connectivity index (χ4n) is 1.96. The summed E-state index contributed by atoms with van der Waals surface area (Å²) < 4.78 is 1.05. The van der Waals surface area contributed by atoms with Crippen LogP contribution in [0.1, 0.15) is 24.3 Å². The molecule has 2 rings (SSSR count). The van der Waals surface area contributed by atoms with Gasteiger partial charge in [-0.25, -0.2) is 0 Å². The molecule has 0 saturated heterocycles. The van der Waals surface area contributed by atoms with Gasteiger partial charge >= 0.3 is 5.97 Å². The first kappa shape index (κ1) is 10.5. The third-order valence-electron chi connectivity index (χ3n) is 2.72. The topological polar surface area (TPSA) is 49.3 Å². The Labute approximate surface area is 96.6 Å². The molecule has 15 heavy (non-hydrogen) atoms. The average molecular weight is 270 g/mol. The molecule has 0 aliphatic carbocycles. The second kappa shape index (κ2) is 4.23. The minimum Gasteiger partial charge on any atom is -0.481 e. The maximum Gasteiger partial charge on any atom is 0.303 e. The monoisotopic (exact) mass is 269 g/mol. The van der Waals surface area contributed by atoms with Gasteiger partial charge in [0.1, 0.15) is 0 Å². The van der Waals surface area contributed by atoms with Crippen LogP contribution in [-0.2, 0) is 4.79 Å². The van der Waals surface area contributed by atoms with E-state index >= 15 is 0 Å². The number of hydrogen-bond acceptors (Lipinski definition) is 2. The molecular weight excluding hydrogens is 258 g/mol. The molecule has 0 aromatic heterocycles. The molecule has 0 fully saturated rings. The molecular formula is C11H12BrNO2. The first-order chi connectivity index (χ1) is 7.18. The molecule has 80 valence electrons. The first-order valence-corrected chi connectivity index (χ1v) is 5.72. The van der Waals surface area contributed by atoms with Gasteiger partial charge in [0.2, 0.25) is 0 Å². The highest BCUT2D eigenvalue weighted by molar-refractivity contribution is 9.10.